The number of nitrogens with two attached hydrogens (primary N) is 1. The van der Waals surface area contributed by atoms with Crippen LogP contribution in [0.5, 0.6) is 0 Å². The minimum atomic E-state index is -0.569. The highest BCUT2D eigenvalue weighted by atomic mass is 16.2. The first-order valence-corrected chi connectivity index (χ1v) is 8.91. The van der Waals surface area contributed by atoms with Gasteiger partial charge in [0.25, 0.3) is 5.91 Å². The largest absolute Gasteiger partial charge is 0.369 e. The van der Waals surface area contributed by atoms with Gasteiger partial charge in [0.2, 0.25) is 11.9 Å². The normalized spacial score (nSPS) is 19.5. The molecule has 1 heterocycles. The van der Waals surface area contributed by atoms with Gasteiger partial charge in [-0.05, 0) is 32.1 Å². The SMILES string of the molecule is C=CCCNc1nc(NC2CCC(C(=O)N(C)C)CC2)ncc1C(N)=O. The summed E-state index contributed by atoms with van der Waals surface area (Å²) in [5.74, 6) is 0.601. The summed E-state index contributed by atoms with van der Waals surface area (Å²) in [7, 11) is 3.59. The zero-order chi connectivity index (χ0) is 19.1. The predicted molar refractivity (Wildman–Crippen MR) is 102 cm³/mol. The molecule has 8 nitrogen and oxygen atoms in total. The molecular formula is C18H28N6O2. The van der Waals surface area contributed by atoms with Crippen LogP contribution in [0.2, 0.25) is 0 Å². The molecule has 0 aliphatic heterocycles. The lowest BCUT2D eigenvalue weighted by molar-refractivity contribution is -0.133. The van der Waals surface area contributed by atoms with Gasteiger partial charge in [0, 0.05) is 38.8 Å². The van der Waals surface area contributed by atoms with Gasteiger partial charge in [-0.3, -0.25) is 9.59 Å². The number of anilines is 2. The third kappa shape index (κ3) is 5.18. The summed E-state index contributed by atoms with van der Waals surface area (Å²) in [6, 6.07) is 0.210. The average molecular weight is 360 g/mol. The summed E-state index contributed by atoms with van der Waals surface area (Å²) in [5.41, 5.74) is 5.65. The summed E-state index contributed by atoms with van der Waals surface area (Å²) >= 11 is 0. The van der Waals surface area contributed by atoms with E-state index in [0.29, 0.717) is 18.3 Å². The second-order valence-corrected chi connectivity index (χ2v) is 6.75. The Kier molecular flexibility index (Phi) is 6.94. The molecule has 0 bridgehead atoms. The van der Waals surface area contributed by atoms with E-state index in [1.54, 1.807) is 25.1 Å². The molecule has 4 N–H and O–H groups in total. The number of hydrogen-bond acceptors (Lipinski definition) is 6. The Balaban J connectivity index is 1.99. The van der Waals surface area contributed by atoms with Crippen LogP contribution >= 0.6 is 0 Å². The Morgan fingerprint density at radius 1 is 1.35 bits per heavy atom. The number of aromatic nitrogens is 2. The molecule has 8 heteroatoms. The minimum Gasteiger partial charge on any atom is -0.369 e. The molecule has 0 aromatic carbocycles. The van der Waals surface area contributed by atoms with Gasteiger partial charge < -0.3 is 21.3 Å². The Hall–Kier alpha value is -2.64. The van der Waals surface area contributed by atoms with Crippen molar-refractivity contribution in [3.8, 4) is 0 Å². The van der Waals surface area contributed by atoms with Gasteiger partial charge in [0.1, 0.15) is 5.82 Å². The summed E-state index contributed by atoms with van der Waals surface area (Å²) in [6.07, 6.45) is 7.42. The van der Waals surface area contributed by atoms with Crippen molar-refractivity contribution in [1.82, 2.24) is 14.9 Å². The van der Waals surface area contributed by atoms with E-state index in [-0.39, 0.29) is 23.4 Å². The quantitative estimate of drug-likeness (QED) is 0.480. The topological polar surface area (TPSA) is 113 Å². The first-order chi connectivity index (χ1) is 12.4. The van der Waals surface area contributed by atoms with Crippen LogP contribution < -0.4 is 16.4 Å². The molecule has 1 aliphatic rings. The van der Waals surface area contributed by atoms with E-state index in [4.69, 9.17) is 5.73 Å². The number of carbonyl (C=O) groups excluding carboxylic acids is 2. The van der Waals surface area contributed by atoms with Gasteiger partial charge >= 0.3 is 0 Å². The fourth-order valence-electron chi connectivity index (χ4n) is 3.09. The van der Waals surface area contributed by atoms with Crippen LogP contribution in [-0.2, 0) is 4.79 Å². The Labute approximate surface area is 154 Å². The second kappa shape index (κ2) is 9.17. The van der Waals surface area contributed by atoms with Crippen LogP contribution in [0.1, 0.15) is 42.5 Å². The number of nitrogens with one attached hydrogen (secondary N) is 2. The van der Waals surface area contributed by atoms with Crippen LogP contribution in [0.3, 0.4) is 0 Å². The molecule has 0 saturated heterocycles. The Bertz CT molecular complexity index is 653. The van der Waals surface area contributed by atoms with Crippen molar-refractivity contribution >= 4 is 23.6 Å². The number of carbonyl (C=O) groups is 2. The van der Waals surface area contributed by atoms with Crippen LogP contribution in [0.25, 0.3) is 0 Å². The number of hydrogen-bond donors (Lipinski definition) is 3. The molecule has 2 amide bonds. The highest BCUT2D eigenvalue weighted by Gasteiger charge is 2.27. The van der Waals surface area contributed by atoms with Gasteiger partial charge in [-0.2, -0.15) is 4.98 Å². The first kappa shape index (κ1) is 19.7. The molecule has 26 heavy (non-hydrogen) atoms. The lowest BCUT2D eigenvalue weighted by Crippen LogP contribution is -2.35. The zero-order valence-corrected chi connectivity index (χ0v) is 15.5. The van der Waals surface area contributed by atoms with Gasteiger partial charge in [-0.1, -0.05) is 6.08 Å². The monoisotopic (exact) mass is 360 g/mol. The maximum Gasteiger partial charge on any atom is 0.254 e. The van der Waals surface area contributed by atoms with E-state index in [2.05, 4.69) is 27.2 Å². The fourth-order valence-corrected chi connectivity index (χ4v) is 3.09. The van der Waals surface area contributed by atoms with Crippen molar-refractivity contribution in [3.05, 3.63) is 24.4 Å². The number of nitrogens with zero attached hydrogens (tertiary/aromatic N) is 3. The van der Waals surface area contributed by atoms with Crippen LogP contribution in [0, 0.1) is 5.92 Å². The average Bonchev–Trinajstić information content (AvgIpc) is 2.62. The van der Waals surface area contributed by atoms with Crippen LogP contribution in [-0.4, -0.2) is 53.4 Å². The highest BCUT2D eigenvalue weighted by Crippen LogP contribution is 2.27. The number of rotatable bonds is 8. The van der Waals surface area contributed by atoms with Crippen molar-refractivity contribution in [3.63, 3.8) is 0 Å². The molecule has 0 spiro atoms. The molecule has 142 valence electrons. The lowest BCUT2D eigenvalue weighted by atomic mass is 9.85. The third-order valence-electron chi connectivity index (χ3n) is 4.55. The van der Waals surface area contributed by atoms with Crippen LogP contribution in [0.15, 0.2) is 18.9 Å². The van der Waals surface area contributed by atoms with Crippen molar-refractivity contribution < 1.29 is 9.59 Å². The minimum absolute atomic E-state index is 0.0948. The van der Waals surface area contributed by atoms with E-state index in [0.717, 1.165) is 32.1 Å². The Morgan fingerprint density at radius 3 is 2.62 bits per heavy atom. The van der Waals surface area contributed by atoms with Gasteiger partial charge in [0.05, 0.1) is 5.56 Å². The highest BCUT2D eigenvalue weighted by molar-refractivity contribution is 5.97. The van der Waals surface area contributed by atoms with Crippen molar-refractivity contribution in [2.24, 2.45) is 11.7 Å². The van der Waals surface area contributed by atoms with E-state index < -0.39 is 5.91 Å². The smallest absolute Gasteiger partial charge is 0.254 e. The molecule has 1 saturated carbocycles. The zero-order valence-electron chi connectivity index (χ0n) is 15.5. The van der Waals surface area contributed by atoms with Gasteiger partial charge in [-0.25, -0.2) is 4.98 Å². The van der Waals surface area contributed by atoms with E-state index in [1.807, 2.05) is 0 Å². The maximum absolute atomic E-state index is 12.1. The molecular weight excluding hydrogens is 332 g/mol. The van der Waals surface area contributed by atoms with Crippen LogP contribution in [0.4, 0.5) is 11.8 Å². The van der Waals surface area contributed by atoms with Crippen molar-refractivity contribution in [2.45, 2.75) is 38.1 Å². The maximum atomic E-state index is 12.1. The molecule has 1 aliphatic carbocycles. The van der Waals surface area contributed by atoms with Gasteiger partial charge in [-0.15, -0.1) is 6.58 Å². The van der Waals surface area contributed by atoms with Crippen molar-refractivity contribution in [1.29, 1.82) is 0 Å². The molecule has 1 aromatic rings. The van der Waals surface area contributed by atoms with E-state index in [1.165, 1.54) is 6.20 Å². The number of amides is 2. The molecule has 1 fully saturated rings. The molecule has 1 aromatic heterocycles. The summed E-state index contributed by atoms with van der Waals surface area (Å²) in [5, 5.41) is 6.40. The Morgan fingerprint density at radius 2 is 2.04 bits per heavy atom. The molecule has 0 atom stereocenters. The summed E-state index contributed by atoms with van der Waals surface area (Å²) < 4.78 is 0. The standard InChI is InChI=1S/C18H28N6O2/c1-4-5-10-20-16-14(15(19)25)11-21-18(23-16)22-13-8-6-12(7-9-13)17(26)24(2)3/h4,11-13H,1,5-10H2,2-3H3,(H2,19,25)(H2,20,21,22,23). The molecule has 0 radical (unpaired) electrons. The number of primary amides is 1. The van der Waals surface area contributed by atoms with Gasteiger partial charge in [0.15, 0.2) is 0 Å². The molecule has 2 rings (SSSR count). The second-order valence-electron chi connectivity index (χ2n) is 6.75. The third-order valence-corrected chi connectivity index (χ3v) is 4.55. The molecule has 0 unspecified atom stereocenters. The first-order valence-electron chi connectivity index (χ1n) is 8.91. The van der Waals surface area contributed by atoms with E-state index >= 15 is 0 Å². The lowest BCUT2D eigenvalue weighted by Gasteiger charge is -2.30. The fraction of sp³-hybridized carbons (Fsp3) is 0.556. The summed E-state index contributed by atoms with van der Waals surface area (Å²) in [6.45, 7) is 4.28. The predicted octanol–water partition coefficient (Wildman–Crippen LogP) is 1.62. The van der Waals surface area contributed by atoms with Crippen molar-refractivity contribution in [2.75, 3.05) is 31.3 Å². The summed E-state index contributed by atoms with van der Waals surface area (Å²) in [4.78, 5) is 33.9. The van der Waals surface area contributed by atoms with E-state index in [9.17, 15) is 9.59 Å².